The number of hydrogen-bond donors (Lipinski definition) is 1. The van der Waals surface area contributed by atoms with Crippen molar-refractivity contribution in [1.29, 1.82) is 0 Å². The molecule has 2 fully saturated rings. The van der Waals surface area contributed by atoms with Crippen molar-refractivity contribution >= 4 is 17.5 Å². The number of oxime groups is 1. The van der Waals surface area contributed by atoms with Gasteiger partial charge in [0.05, 0.1) is 19.5 Å². The van der Waals surface area contributed by atoms with E-state index >= 15 is 0 Å². The molecule has 0 bridgehead atoms. The molecule has 4 rings (SSSR count). The standard InChI is InChI=1S/C18H23N5O4/c1-26-13-10-19-15(20-11-13)17(25)23-7-5-18(6-8-23)9-14(22-27-18)16(24)21-12-3-2-4-12/h10-12H,2-9H2,1H3,(H,21,24). The van der Waals surface area contributed by atoms with Crippen molar-refractivity contribution in [2.45, 2.75) is 50.2 Å². The van der Waals surface area contributed by atoms with E-state index in [1.807, 2.05) is 0 Å². The van der Waals surface area contributed by atoms with Gasteiger partial charge in [0.2, 0.25) is 5.82 Å². The summed E-state index contributed by atoms with van der Waals surface area (Å²) in [5.74, 6) is 0.320. The molecule has 2 aliphatic heterocycles. The highest BCUT2D eigenvalue weighted by molar-refractivity contribution is 6.39. The third-order valence-electron chi connectivity index (χ3n) is 5.56. The Balaban J connectivity index is 1.31. The van der Waals surface area contributed by atoms with Gasteiger partial charge in [-0.05, 0) is 19.3 Å². The summed E-state index contributed by atoms with van der Waals surface area (Å²) >= 11 is 0. The molecule has 1 saturated heterocycles. The summed E-state index contributed by atoms with van der Waals surface area (Å²) < 4.78 is 5.01. The maximum absolute atomic E-state index is 12.6. The van der Waals surface area contributed by atoms with Crippen molar-refractivity contribution in [3.63, 3.8) is 0 Å². The Morgan fingerprint density at radius 1 is 1.26 bits per heavy atom. The molecule has 1 aliphatic carbocycles. The third-order valence-corrected chi connectivity index (χ3v) is 5.56. The number of nitrogens with one attached hydrogen (secondary N) is 1. The fourth-order valence-electron chi connectivity index (χ4n) is 3.52. The molecule has 0 radical (unpaired) electrons. The Morgan fingerprint density at radius 2 is 1.96 bits per heavy atom. The average Bonchev–Trinajstić information content (AvgIpc) is 3.08. The Labute approximate surface area is 157 Å². The van der Waals surface area contributed by atoms with Crippen LogP contribution in [0.2, 0.25) is 0 Å². The number of aromatic nitrogens is 2. The normalized spacial score (nSPS) is 21.2. The topological polar surface area (TPSA) is 106 Å². The van der Waals surface area contributed by atoms with Gasteiger partial charge in [-0.25, -0.2) is 9.97 Å². The zero-order chi connectivity index (χ0) is 18.9. The first-order chi connectivity index (χ1) is 13.1. The highest BCUT2D eigenvalue weighted by atomic mass is 16.7. The van der Waals surface area contributed by atoms with Gasteiger partial charge in [-0.3, -0.25) is 9.59 Å². The molecule has 9 nitrogen and oxygen atoms in total. The summed E-state index contributed by atoms with van der Waals surface area (Å²) in [6.07, 6.45) is 7.94. The Hall–Kier alpha value is -2.71. The van der Waals surface area contributed by atoms with Crippen LogP contribution in [0.1, 0.15) is 49.1 Å². The molecule has 9 heteroatoms. The molecular formula is C18H23N5O4. The van der Waals surface area contributed by atoms with E-state index in [1.54, 1.807) is 4.90 Å². The molecule has 1 N–H and O–H groups in total. The predicted molar refractivity (Wildman–Crippen MR) is 95.4 cm³/mol. The molecule has 27 heavy (non-hydrogen) atoms. The maximum Gasteiger partial charge on any atom is 0.291 e. The van der Waals surface area contributed by atoms with Crippen LogP contribution in [-0.2, 0) is 9.63 Å². The van der Waals surface area contributed by atoms with Crippen LogP contribution < -0.4 is 10.1 Å². The van der Waals surface area contributed by atoms with E-state index in [2.05, 4.69) is 20.4 Å². The lowest BCUT2D eigenvalue weighted by Gasteiger charge is -2.36. The summed E-state index contributed by atoms with van der Waals surface area (Å²) in [6, 6.07) is 0.278. The number of rotatable bonds is 4. The lowest BCUT2D eigenvalue weighted by Crippen LogP contribution is -2.48. The second-order valence-corrected chi connectivity index (χ2v) is 7.33. The number of piperidine rings is 1. The number of carbonyl (C=O) groups excluding carboxylic acids is 2. The van der Waals surface area contributed by atoms with Crippen LogP contribution >= 0.6 is 0 Å². The minimum atomic E-state index is -0.482. The number of carbonyl (C=O) groups is 2. The van der Waals surface area contributed by atoms with Gasteiger partial charge in [-0.15, -0.1) is 0 Å². The lowest BCUT2D eigenvalue weighted by molar-refractivity contribution is -0.116. The van der Waals surface area contributed by atoms with Gasteiger partial charge >= 0.3 is 0 Å². The molecule has 3 aliphatic rings. The molecule has 0 unspecified atom stereocenters. The number of nitrogens with zero attached hydrogens (tertiary/aromatic N) is 4. The summed E-state index contributed by atoms with van der Waals surface area (Å²) in [6.45, 7) is 1.03. The summed E-state index contributed by atoms with van der Waals surface area (Å²) in [5.41, 5.74) is -0.0238. The smallest absolute Gasteiger partial charge is 0.291 e. The van der Waals surface area contributed by atoms with Gasteiger partial charge in [0.15, 0.2) is 5.75 Å². The van der Waals surface area contributed by atoms with Gasteiger partial charge in [0, 0.05) is 38.4 Å². The van der Waals surface area contributed by atoms with Gasteiger partial charge in [-0.2, -0.15) is 0 Å². The second-order valence-electron chi connectivity index (χ2n) is 7.33. The quantitative estimate of drug-likeness (QED) is 0.841. The summed E-state index contributed by atoms with van der Waals surface area (Å²) in [7, 11) is 1.52. The van der Waals surface area contributed by atoms with Crippen molar-refractivity contribution in [3.8, 4) is 5.75 Å². The van der Waals surface area contributed by atoms with E-state index in [4.69, 9.17) is 9.57 Å². The predicted octanol–water partition coefficient (Wildman–Crippen LogP) is 0.905. The van der Waals surface area contributed by atoms with Crippen LogP contribution in [0, 0.1) is 0 Å². The van der Waals surface area contributed by atoms with Crippen LogP contribution in [0.3, 0.4) is 0 Å². The van der Waals surface area contributed by atoms with Crippen molar-refractivity contribution in [1.82, 2.24) is 20.2 Å². The Bertz CT molecular complexity index is 752. The van der Waals surface area contributed by atoms with Crippen molar-refractivity contribution in [2.24, 2.45) is 5.16 Å². The van der Waals surface area contributed by atoms with Crippen LogP contribution in [0.5, 0.6) is 5.75 Å². The van der Waals surface area contributed by atoms with Crippen LogP contribution in [-0.4, -0.2) is 64.2 Å². The molecule has 1 aromatic rings. The number of amides is 2. The van der Waals surface area contributed by atoms with Gasteiger partial charge in [0.25, 0.3) is 11.8 Å². The number of hydrogen-bond acceptors (Lipinski definition) is 7. The molecule has 144 valence electrons. The van der Waals surface area contributed by atoms with E-state index in [0.717, 1.165) is 12.8 Å². The van der Waals surface area contributed by atoms with Gasteiger partial charge < -0.3 is 19.8 Å². The monoisotopic (exact) mass is 373 g/mol. The zero-order valence-corrected chi connectivity index (χ0v) is 15.3. The van der Waals surface area contributed by atoms with E-state index < -0.39 is 5.60 Å². The molecule has 0 atom stereocenters. The molecule has 1 saturated carbocycles. The van der Waals surface area contributed by atoms with E-state index in [1.165, 1.54) is 25.9 Å². The SMILES string of the molecule is COc1cnc(C(=O)N2CCC3(CC2)CC(C(=O)NC2CCC2)=NO3)nc1. The second kappa shape index (κ2) is 7.13. The first-order valence-corrected chi connectivity index (χ1v) is 9.30. The zero-order valence-electron chi connectivity index (χ0n) is 15.3. The first kappa shape index (κ1) is 17.7. The fourth-order valence-corrected chi connectivity index (χ4v) is 3.52. The third kappa shape index (κ3) is 3.58. The molecule has 2 amide bonds. The molecular weight excluding hydrogens is 350 g/mol. The highest BCUT2D eigenvalue weighted by Gasteiger charge is 2.45. The highest BCUT2D eigenvalue weighted by Crippen LogP contribution is 2.35. The number of likely N-dealkylation sites (tertiary alicyclic amines) is 1. The van der Waals surface area contributed by atoms with Crippen molar-refractivity contribution < 1.29 is 19.2 Å². The van der Waals surface area contributed by atoms with Crippen LogP contribution in [0.15, 0.2) is 17.5 Å². The minimum Gasteiger partial charge on any atom is -0.494 e. The van der Waals surface area contributed by atoms with E-state index in [0.29, 0.717) is 43.8 Å². The van der Waals surface area contributed by atoms with Gasteiger partial charge in [-0.1, -0.05) is 5.16 Å². The van der Waals surface area contributed by atoms with Crippen LogP contribution in [0.4, 0.5) is 0 Å². The summed E-state index contributed by atoms with van der Waals surface area (Å²) in [4.78, 5) is 40.3. The maximum atomic E-state index is 12.6. The Morgan fingerprint density at radius 3 is 2.56 bits per heavy atom. The Kier molecular flexibility index (Phi) is 4.67. The average molecular weight is 373 g/mol. The summed E-state index contributed by atoms with van der Waals surface area (Å²) in [5, 5.41) is 7.03. The lowest BCUT2D eigenvalue weighted by atomic mass is 9.86. The fraction of sp³-hybridized carbons (Fsp3) is 0.611. The largest absolute Gasteiger partial charge is 0.494 e. The van der Waals surface area contributed by atoms with E-state index in [9.17, 15) is 9.59 Å². The number of methoxy groups -OCH3 is 1. The number of ether oxygens (including phenoxy) is 1. The molecule has 1 spiro atoms. The molecule has 3 heterocycles. The van der Waals surface area contributed by atoms with Gasteiger partial charge in [0.1, 0.15) is 11.3 Å². The van der Waals surface area contributed by atoms with E-state index in [-0.39, 0.29) is 23.7 Å². The molecule has 0 aromatic carbocycles. The van der Waals surface area contributed by atoms with Crippen LogP contribution in [0.25, 0.3) is 0 Å². The minimum absolute atomic E-state index is 0.123. The molecule has 1 aromatic heterocycles. The van der Waals surface area contributed by atoms with Crippen molar-refractivity contribution in [3.05, 3.63) is 18.2 Å². The van der Waals surface area contributed by atoms with Crippen molar-refractivity contribution in [2.75, 3.05) is 20.2 Å². The first-order valence-electron chi connectivity index (χ1n) is 9.30.